The molecule has 0 aliphatic carbocycles. The van der Waals surface area contributed by atoms with Gasteiger partial charge < -0.3 is 10.0 Å². The van der Waals surface area contributed by atoms with Gasteiger partial charge in [-0.2, -0.15) is 0 Å². The first-order valence-corrected chi connectivity index (χ1v) is 12.3. The van der Waals surface area contributed by atoms with Gasteiger partial charge in [0.05, 0.1) is 16.8 Å². The number of nitrogens with zero attached hydrogens (tertiary/aromatic N) is 3. The molecule has 1 aliphatic heterocycles. The highest BCUT2D eigenvalue weighted by molar-refractivity contribution is 7.89. The monoisotopic (exact) mass is 440 g/mol. The lowest BCUT2D eigenvalue weighted by Gasteiger charge is -2.21. The van der Waals surface area contributed by atoms with Crippen LogP contribution in [0.25, 0.3) is 22.3 Å². The number of unbranched alkanes of at least 4 members (excludes halogenated alkanes) is 1. The lowest BCUT2D eigenvalue weighted by atomic mass is 10.1. The fourth-order valence-corrected chi connectivity index (χ4v) is 5.43. The summed E-state index contributed by atoms with van der Waals surface area (Å²) in [6, 6.07) is 12.9. The molecule has 2 aromatic carbocycles. The third kappa shape index (κ3) is 4.80. The molecule has 7 nitrogen and oxygen atoms in total. The van der Waals surface area contributed by atoms with E-state index in [1.165, 1.54) is 0 Å². The molecular formula is C23H28N4O3S. The Morgan fingerprint density at radius 2 is 2.00 bits per heavy atom. The number of phenolic OH excluding ortho intramolecular Hbond substituents is 1. The Kier molecular flexibility index (Phi) is 6.11. The van der Waals surface area contributed by atoms with Crippen LogP contribution in [0.1, 0.15) is 31.7 Å². The Balaban J connectivity index is 1.68. The van der Waals surface area contributed by atoms with Crippen molar-refractivity contribution < 1.29 is 13.5 Å². The summed E-state index contributed by atoms with van der Waals surface area (Å²) < 4.78 is 27.5. The third-order valence-corrected chi connectivity index (χ3v) is 7.10. The molecule has 1 fully saturated rings. The number of nitrogens with one attached hydrogen (secondary N) is 1. The Hall–Kier alpha value is -2.71. The van der Waals surface area contributed by atoms with E-state index in [2.05, 4.69) is 9.62 Å². The van der Waals surface area contributed by atoms with Crippen LogP contribution >= 0.6 is 0 Å². The summed E-state index contributed by atoms with van der Waals surface area (Å²) in [5.41, 5.74) is 2.46. The Morgan fingerprint density at radius 3 is 2.77 bits per heavy atom. The summed E-state index contributed by atoms with van der Waals surface area (Å²) in [6.07, 6.45) is 2.22. The van der Waals surface area contributed by atoms with Crippen LogP contribution in [0.2, 0.25) is 0 Å². The molecule has 1 aromatic heterocycles. The second kappa shape index (κ2) is 8.80. The van der Waals surface area contributed by atoms with E-state index in [9.17, 15) is 13.5 Å². The van der Waals surface area contributed by atoms with Crippen molar-refractivity contribution >= 4 is 26.7 Å². The maximum atomic E-state index is 12.3. The Morgan fingerprint density at radius 1 is 1.19 bits per heavy atom. The van der Waals surface area contributed by atoms with Gasteiger partial charge in [-0.05, 0) is 49.6 Å². The number of fused-ring (bicyclic) bond motifs is 1. The SMILES string of the molecule is CCCCS(=O)(=O)N[C@@H]1CCN(c2nc(-c3ccccc3O)nc3cc(C)ccc23)C1. The highest BCUT2D eigenvalue weighted by Gasteiger charge is 2.28. The second-order valence-electron chi connectivity index (χ2n) is 8.13. The number of anilines is 1. The molecule has 1 aliphatic rings. The van der Waals surface area contributed by atoms with Gasteiger partial charge in [-0.25, -0.2) is 23.1 Å². The molecule has 0 spiro atoms. The molecule has 1 saturated heterocycles. The van der Waals surface area contributed by atoms with Crippen LogP contribution in [-0.2, 0) is 10.0 Å². The minimum Gasteiger partial charge on any atom is -0.507 e. The molecule has 4 rings (SSSR count). The summed E-state index contributed by atoms with van der Waals surface area (Å²) in [4.78, 5) is 11.6. The molecule has 0 amide bonds. The minimum atomic E-state index is -3.28. The van der Waals surface area contributed by atoms with E-state index in [1.807, 2.05) is 38.1 Å². The van der Waals surface area contributed by atoms with Crippen LogP contribution in [0.4, 0.5) is 5.82 Å². The average Bonchev–Trinajstić information content (AvgIpc) is 3.19. The first-order valence-electron chi connectivity index (χ1n) is 10.7. The van der Waals surface area contributed by atoms with E-state index < -0.39 is 10.0 Å². The highest BCUT2D eigenvalue weighted by Crippen LogP contribution is 2.33. The zero-order valence-electron chi connectivity index (χ0n) is 17.9. The van der Waals surface area contributed by atoms with Crippen molar-refractivity contribution in [2.45, 2.75) is 39.2 Å². The first kappa shape index (κ1) is 21.5. The smallest absolute Gasteiger partial charge is 0.211 e. The maximum absolute atomic E-state index is 12.3. The number of hydrogen-bond donors (Lipinski definition) is 2. The van der Waals surface area contributed by atoms with E-state index in [-0.39, 0.29) is 17.5 Å². The number of para-hydroxylation sites is 1. The summed E-state index contributed by atoms with van der Waals surface area (Å²) in [5.74, 6) is 1.51. The molecule has 0 saturated carbocycles. The quantitative estimate of drug-likeness (QED) is 0.583. The second-order valence-corrected chi connectivity index (χ2v) is 10.0. The topological polar surface area (TPSA) is 95.4 Å². The van der Waals surface area contributed by atoms with Gasteiger partial charge in [-0.3, -0.25) is 0 Å². The fourth-order valence-electron chi connectivity index (χ4n) is 3.94. The van der Waals surface area contributed by atoms with Crippen LogP contribution in [0.3, 0.4) is 0 Å². The van der Waals surface area contributed by atoms with Crippen molar-refractivity contribution in [3.8, 4) is 17.1 Å². The number of phenols is 1. The molecule has 2 N–H and O–H groups in total. The highest BCUT2D eigenvalue weighted by atomic mass is 32.2. The Labute approximate surface area is 183 Å². The molecule has 0 bridgehead atoms. The lowest BCUT2D eigenvalue weighted by molar-refractivity contribution is 0.477. The zero-order chi connectivity index (χ0) is 22.0. The molecule has 3 aromatic rings. The third-order valence-electron chi connectivity index (χ3n) is 5.58. The summed E-state index contributed by atoms with van der Waals surface area (Å²) >= 11 is 0. The molecule has 164 valence electrons. The number of aryl methyl sites for hydroxylation is 1. The number of sulfonamides is 1. The predicted octanol–water partition coefficient (Wildman–Crippen LogP) is 3.61. The standard InChI is InChI=1S/C23H28N4O3S/c1-3-4-13-31(29,30)26-17-11-12-27(15-17)23-18-10-9-16(2)14-20(18)24-22(25-23)19-7-5-6-8-21(19)28/h5-10,14,17,26,28H,3-4,11-13,15H2,1-2H3/t17-/m1/s1. The van der Waals surface area contributed by atoms with Gasteiger partial charge in [0, 0.05) is 24.5 Å². The predicted molar refractivity (Wildman–Crippen MR) is 124 cm³/mol. The number of rotatable bonds is 7. The van der Waals surface area contributed by atoms with Crippen LogP contribution in [0, 0.1) is 6.92 Å². The first-order chi connectivity index (χ1) is 14.9. The summed E-state index contributed by atoms with van der Waals surface area (Å²) in [7, 11) is -3.28. The number of benzene rings is 2. The van der Waals surface area contributed by atoms with E-state index in [1.54, 1.807) is 18.2 Å². The number of hydrogen-bond acceptors (Lipinski definition) is 6. The van der Waals surface area contributed by atoms with Crippen molar-refractivity contribution in [1.82, 2.24) is 14.7 Å². The van der Waals surface area contributed by atoms with Gasteiger partial charge in [0.15, 0.2) is 5.82 Å². The van der Waals surface area contributed by atoms with Gasteiger partial charge >= 0.3 is 0 Å². The zero-order valence-corrected chi connectivity index (χ0v) is 18.7. The van der Waals surface area contributed by atoms with Crippen LogP contribution in [-0.4, -0.2) is 48.4 Å². The molecule has 31 heavy (non-hydrogen) atoms. The van der Waals surface area contributed by atoms with Crippen LogP contribution < -0.4 is 9.62 Å². The van der Waals surface area contributed by atoms with Gasteiger partial charge in [0.1, 0.15) is 11.6 Å². The van der Waals surface area contributed by atoms with Gasteiger partial charge in [0.2, 0.25) is 10.0 Å². The number of aromatic nitrogens is 2. The largest absolute Gasteiger partial charge is 0.507 e. The van der Waals surface area contributed by atoms with Crippen LogP contribution in [0.15, 0.2) is 42.5 Å². The van der Waals surface area contributed by atoms with Crippen molar-refractivity contribution in [3.63, 3.8) is 0 Å². The van der Waals surface area contributed by atoms with E-state index in [0.717, 1.165) is 28.7 Å². The maximum Gasteiger partial charge on any atom is 0.211 e. The summed E-state index contributed by atoms with van der Waals surface area (Å²) in [6.45, 7) is 5.24. The normalized spacial score (nSPS) is 16.8. The van der Waals surface area contributed by atoms with Crippen molar-refractivity contribution in [1.29, 1.82) is 0 Å². The molecule has 0 radical (unpaired) electrons. The minimum absolute atomic E-state index is 0.128. The van der Waals surface area contributed by atoms with Crippen molar-refractivity contribution in [3.05, 3.63) is 48.0 Å². The Bertz CT molecular complexity index is 1200. The average molecular weight is 441 g/mol. The van der Waals surface area contributed by atoms with Gasteiger partial charge in [-0.1, -0.05) is 31.5 Å². The van der Waals surface area contributed by atoms with Crippen molar-refractivity contribution in [2.24, 2.45) is 0 Å². The molecule has 8 heteroatoms. The van der Waals surface area contributed by atoms with Crippen molar-refractivity contribution in [2.75, 3.05) is 23.7 Å². The fraction of sp³-hybridized carbons (Fsp3) is 0.391. The van der Waals surface area contributed by atoms with Gasteiger partial charge in [0.25, 0.3) is 0 Å². The number of aromatic hydroxyl groups is 1. The molecular weight excluding hydrogens is 412 g/mol. The summed E-state index contributed by atoms with van der Waals surface area (Å²) in [5, 5.41) is 11.2. The van der Waals surface area contributed by atoms with E-state index in [4.69, 9.17) is 9.97 Å². The van der Waals surface area contributed by atoms with E-state index >= 15 is 0 Å². The van der Waals surface area contributed by atoms with Crippen LogP contribution in [0.5, 0.6) is 5.75 Å². The van der Waals surface area contributed by atoms with Gasteiger partial charge in [-0.15, -0.1) is 0 Å². The molecule has 2 heterocycles. The molecule has 1 atom stereocenters. The van der Waals surface area contributed by atoms with E-state index in [0.29, 0.717) is 37.3 Å². The lowest BCUT2D eigenvalue weighted by Crippen LogP contribution is -2.38. The molecule has 0 unspecified atom stereocenters.